The minimum Gasteiger partial charge on any atom is -0.867 e. The van der Waals surface area contributed by atoms with E-state index in [-0.39, 0.29) is 11.2 Å². The van der Waals surface area contributed by atoms with Crippen LogP contribution in [0.2, 0.25) is 0 Å². The van der Waals surface area contributed by atoms with E-state index in [0.717, 1.165) is 16.8 Å². The molecule has 0 radical (unpaired) electrons. The number of nitrogens with one attached hydrogen (secondary N) is 1. The van der Waals surface area contributed by atoms with Crippen molar-refractivity contribution < 1.29 is 9.67 Å². The first kappa shape index (κ1) is 21.7. The van der Waals surface area contributed by atoms with Gasteiger partial charge >= 0.3 is 0 Å². The molecular formula is C26H28N2OS. The fourth-order valence-electron chi connectivity index (χ4n) is 3.14. The zero-order valence-corrected chi connectivity index (χ0v) is 19.0. The van der Waals surface area contributed by atoms with Crippen LogP contribution in [0.1, 0.15) is 43.0 Å². The fourth-order valence-corrected chi connectivity index (χ4v) is 3.46. The molecule has 0 atom stereocenters. The molecule has 1 aromatic heterocycles. The average Bonchev–Trinajstić information content (AvgIpc) is 2.70. The summed E-state index contributed by atoms with van der Waals surface area (Å²) in [6.07, 6.45) is 3.82. The predicted octanol–water partition coefficient (Wildman–Crippen LogP) is 5.01. The minimum atomic E-state index is -0.111. The number of hydrogen-bond acceptors (Lipinski definition) is 2. The van der Waals surface area contributed by atoms with Crippen molar-refractivity contribution in [2.24, 2.45) is 0 Å². The molecule has 4 heteroatoms. The van der Waals surface area contributed by atoms with E-state index in [1.54, 1.807) is 0 Å². The minimum absolute atomic E-state index is 0.0279. The van der Waals surface area contributed by atoms with Gasteiger partial charge in [-0.15, -0.1) is 0 Å². The van der Waals surface area contributed by atoms with E-state index in [0.29, 0.717) is 16.2 Å². The number of aromatic nitrogens is 1. The molecule has 1 heterocycles. The summed E-state index contributed by atoms with van der Waals surface area (Å²) in [4.78, 5) is 0.387. The van der Waals surface area contributed by atoms with Crippen molar-refractivity contribution in [2.75, 3.05) is 5.32 Å². The van der Waals surface area contributed by atoms with Crippen molar-refractivity contribution in [2.45, 2.75) is 40.0 Å². The molecule has 3 rings (SSSR count). The molecule has 0 aliphatic carbocycles. The first-order valence-corrected chi connectivity index (χ1v) is 10.4. The molecule has 0 saturated carbocycles. The second-order valence-electron chi connectivity index (χ2n) is 8.54. The Hall–Kier alpha value is -2.98. The predicted molar refractivity (Wildman–Crippen MR) is 127 cm³/mol. The number of benzene rings is 2. The molecule has 0 amide bonds. The summed E-state index contributed by atoms with van der Waals surface area (Å²) in [5, 5.41) is 16.8. The van der Waals surface area contributed by atoms with Crippen LogP contribution in [0.5, 0.6) is 0 Å². The lowest BCUT2D eigenvalue weighted by Crippen LogP contribution is -2.40. The quantitative estimate of drug-likeness (QED) is 0.281. The van der Waals surface area contributed by atoms with Crippen molar-refractivity contribution in [3.05, 3.63) is 95.3 Å². The van der Waals surface area contributed by atoms with E-state index in [1.807, 2.05) is 91.5 Å². The highest BCUT2D eigenvalue weighted by Gasteiger charge is 2.21. The largest absolute Gasteiger partial charge is 0.867 e. The lowest BCUT2D eigenvalue weighted by atomic mass is 9.88. The number of nitrogens with zero attached hydrogens (tertiary/aromatic N) is 1. The van der Waals surface area contributed by atoms with E-state index >= 15 is 0 Å². The third kappa shape index (κ3) is 4.95. The SMILES string of the molecule is Cc1ccc(C([O-])=C(C(=S)Nc2ccccc2)[n+]2ccc(C(C)(C)C)cc2)cc1C. The third-order valence-electron chi connectivity index (χ3n) is 5.18. The van der Waals surface area contributed by atoms with Crippen molar-refractivity contribution in [1.82, 2.24) is 0 Å². The Morgan fingerprint density at radius 3 is 2.10 bits per heavy atom. The summed E-state index contributed by atoms with van der Waals surface area (Å²) in [6.45, 7) is 10.5. The maximum Gasteiger partial charge on any atom is 0.238 e. The highest BCUT2D eigenvalue weighted by Crippen LogP contribution is 2.22. The summed E-state index contributed by atoms with van der Waals surface area (Å²) in [7, 11) is 0. The van der Waals surface area contributed by atoms with Gasteiger partial charge in [-0.05, 0) is 59.4 Å². The summed E-state index contributed by atoms with van der Waals surface area (Å²) < 4.78 is 1.81. The summed E-state index contributed by atoms with van der Waals surface area (Å²) in [6, 6.07) is 19.5. The molecule has 0 bridgehead atoms. The molecule has 30 heavy (non-hydrogen) atoms. The molecule has 0 aliphatic rings. The first-order valence-electron chi connectivity index (χ1n) is 10.0. The number of para-hydroxylation sites is 1. The molecule has 0 fully saturated rings. The van der Waals surface area contributed by atoms with Gasteiger partial charge in [-0.3, -0.25) is 0 Å². The van der Waals surface area contributed by atoms with E-state index in [1.165, 1.54) is 5.56 Å². The molecule has 2 aromatic carbocycles. The zero-order valence-electron chi connectivity index (χ0n) is 18.2. The lowest BCUT2D eigenvalue weighted by Gasteiger charge is -2.20. The van der Waals surface area contributed by atoms with Gasteiger partial charge in [0, 0.05) is 17.8 Å². The van der Waals surface area contributed by atoms with Gasteiger partial charge in [-0.2, -0.15) is 4.57 Å². The molecule has 3 nitrogen and oxygen atoms in total. The highest BCUT2D eigenvalue weighted by atomic mass is 32.1. The van der Waals surface area contributed by atoms with Crippen molar-refractivity contribution in [3.8, 4) is 0 Å². The molecular weight excluding hydrogens is 388 g/mol. The second kappa shape index (κ2) is 8.80. The van der Waals surface area contributed by atoms with E-state index < -0.39 is 0 Å². The van der Waals surface area contributed by atoms with E-state index in [2.05, 4.69) is 26.1 Å². The molecule has 154 valence electrons. The molecule has 0 aliphatic heterocycles. The van der Waals surface area contributed by atoms with Crippen LogP contribution in [0.25, 0.3) is 11.5 Å². The number of hydrogen-bond donors (Lipinski definition) is 1. The van der Waals surface area contributed by atoms with Crippen LogP contribution in [-0.2, 0) is 5.41 Å². The molecule has 0 spiro atoms. The van der Waals surface area contributed by atoms with E-state index in [4.69, 9.17) is 12.2 Å². The summed E-state index contributed by atoms with van der Waals surface area (Å²) in [5.74, 6) is -0.111. The number of pyridine rings is 1. The number of anilines is 1. The second-order valence-corrected chi connectivity index (χ2v) is 8.95. The molecule has 0 unspecified atom stereocenters. The molecule has 3 aromatic rings. The van der Waals surface area contributed by atoms with Crippen molar-refractivity contribution in [3.63, 3.8) is 0 Å². The van der Waals surface area contributed by atoms with Crippen molar-refractivity contribution in [1.29, 1.82) is 0 Å². The summed E-state index contributed by atoms with van der Waals surface area (Å²) in [5.41, 5.74) is 5.35. The van der Waals surface area contributed by atoms with Crippen LogP contribution in [0, 0.1) is 13.8 Å². The van der Waals surface area contributed by atoms with Gasteiger partial charge < -0.3 is 10.4 Å². The van der Waals surface area contributed by atoms with Crippen LogP contribution in [0.4, 0.5) is 5.69 Å². The Kier molecular flexibility index (Phi) is 6.37. The standard InChI is InChI=1S/C26H28N2OS/c1-18-11-12-20(17-19(18)2)24(29)23(25(30)27-22-9-7-6-8-10-22)28-15-13-21(14-16-28)26(3,4)5/h6-17H,1-5H3,(H-,27,29,30). The normalized spacial score (nSPS) is 12.3. The summed E-state index contributed by atoms with van der Waals surface area (Å²) >= 11 is 5.69. The smallest absolute Gasteiger partial charge is 0.238 e. The zero-order chi connectivity index (χ0) is 21.9. The number of rotatable bonds is 4. The highest BCUT2D eigenvalue weighted by molar-refractivity contribution is 7.81. The van der Waals surface area contributed by atoms with Crippen LogP contribution in [0.15, 0.2) is 73.1 Å². The Bertz CT molecular complexity index is 1080. The first-order chi connectivity index (χ1) is 14.2. The molecule has 1 N–H and O–H groups in total. The monoisotopic (exact) mass is 416 g/mol. The third-order valence-corrected chi connectivity index (χ3v) is 5.48. The van der Waals surface area contributed by atoms with Crippen LogP contribution >= 0.6 is 12.2 Å². The van der Waals surface area contributed by atoms with Gasteiger partial charge in [0.2, 0.25) is 5.70 Å². The maximum absolute atomic E-state index is 13.5. The van der Waals surface area contributed by atoms with Gasteiger partial charge in [0.1, 0.15) is 0 Å². The van der Waals surface area contributed by atoms with Gasteiger partial charge in [0.15, 0.2) is 17.4 Å². The van der Waals surface area contributed by atoms with Gasteiger partial charge in [-0.1, -0.05) is 69.4 Å². The maximum atomic E-state index is 13.5. The fraction of sp³-hybridized carbons (Fsp3) is 0.231. The Balaban J connectivity index is 2.10. The Morgan fingerprint density at radius 2 is 1.53 bits per heavy atom. The van der Waals surface area contributed by atoms with Crippen molar-refractivity contribution >= 4 is 34.3 Å². The van der Waals surface area contributed by atoms with Crippen LogP contribution < -0.4 is 15.0 Å². The van der Waals surface area contributed by atoms with Crippen LogP contribution in [0.3, 0.4) is 0 Å². The lowest BCUT2D eigenvalue weighted by molar-refractivity contribution is -0.577. The topological polar surface area (TPSA) is 39.0 Å². The van der Waals surface area contributed by atoms with E-state index in [9.17, 15) is 5.11 Å². The Labute approximate surface area is 184 Å². The van der Waals surface area contributed by atoms with Gasteiger partial charge in [0.05, 0.1) is 0 Å². The van der Waals surface area contributed by atoms with Gasteiger partial charge in [0.25, 0.3) is 0 Å². The van der Waals surface area contributed by atoms with Crippen LogP contribution in [-0.4, -0.2) is 4.99 Å². The number of aryl methyl sites for hydroxylation is 2. The Morgan fingerprint density at radius 1 is 0.900 bits per heavy atom. The molecule has 0 saturated heterocycles. The van der Waals surface area contributed by atoms with Gasteiger partial charge in [-0.25, -0.2) is 0 Å². The number of thiocarbonyl (C=S) groups is 1. The average molecular weight is 417 g/mol.